The molecule has 24 heavy (non-hydrogen) atoms. The monoisotopic (exact) mass is 334 g/mol. The SMILES string of the molecule is Cc1nc(C)n([C@@H]2CCCN(C(=O)[C@H](C)OC3CCCCC3)C2)n1. The second kappa shape index (κ2) is 7.64. The topological polar surface area (TPSA) is 60.2 Å². The number of ether oxygens (including phenoxy) is 1. The molecule has 2 aliphatic rings. The van der Waals surface area contributed by atoms with E-state index in [2.05, 4.69) is 10.1 Å². The zero-order chi connectivity index (χ0) is 17.1. The Hall–Kier alpha value is -1.43. The molecule has 0 radical (unpaired) electrons. The molecule has 0 aromatic carbocycles. The standard InChI is InChI=1S/C18H30N4O2/c1-13(24-17-9-5-4-6-10-17)18(23)21-11-7-8-16(12-21)22-15(3)19-14(2)20-22/h13,16-17H,4-12H2,1-3H3/t13-,16+/m0/s1. The molecule has 0 spiro atoms. The number of likely N-dealkylation sites (tertiary alicyclic amines) is 1. The smallest absolute Gasteiger partial charge is 0.251 e. The number of carbonyl (C=O) groups is 1. The van der Waals surface area contributed by atoms with E-state index in [1.165, 1.54) is 19.3 Å². The summed E-state index contributed by atoms with van der Waals surface area (Å²) in [5, 5.41) is 4.50. The quantitative estimate of drug-likeness (QED) is 0.849. The number of hydrogen-bond donors (Lipinski definition) is 0. The van der Waals surface area contributed by atoms with Crippen molar-refractivity contribution in [2.75, 3.05) is 13.1 Å². The van der Waals surface area contributed by atoms with Crippen LogP contribution < -0.4 is 0 Å². The first-order chi connectivity index (χ1) is 11.5. The van der Waals surface area contributed by atoms with Gasteiger partial charge in [0.15, 0.2) is 0 Å². The Morgan fingerprint density at radius 2 is 1.92 bits per heavy atom. The summed E-state index contributed by atoms with van der Waals surface area (Å²) in [6.45, 7) is 7.33. The zero-order valence-corrected chi connectivity index (χ0v) is 15.2. The second-order valence-electron chi connectivity index (χ2n) is 7.27. The lowest BCUT2D eigenvalue weighted by molar-refractivity contribution is -0.149. The summed E-state index contributed by atoms with van der Waals surface area (Å²) in [6.07, 6.45) is 7.91. The number of nitrogens with zero attached hydrogens (tertiary/aromatic N) is 4. The Morgan fingerprint density at radius 3 is 2.58 bits per heavy atom. The highest BCUT2D eigenvalue weighted by molar-refractivity contribution is 5.80. The minimum absolute atomic E-state index is 0.125. The van der Waals surface area contributed by atoms with Crippen LogP contribution in [0, 0.1) is 13.8 Å². The molecule has 2 heterocycles. The zero-order valence-electron chi connectivity index (χ0n) is 15.2. The summed E-state index contributed by atoms with van der Waals surface area (Å²) < 4.78 is 8.04. The number of hydrogen-bond acceptors (Lipinski definition) is 4. The van der Waals surface area contributed by atoms with Crippen molar-refractivity contribution < 1.29 is 9.53 Å². The summed E-state index contributed by atoms with van der Waals surface area (Å²) >= 11 is 0. The molecule has 1 aliphatic carbocycles. The van der Waals surface area contributed by atoms with Gasteiger partial charge in [-0.05, 0) is 46.5 Å². The summed E-state index contributed by atoms with van der Waals surface area (Å²) in [5.74, 6) is 1.85. The van der Waals surface area contributed by atoms with Gasteiger partial charge in [0.25, 0.3) is 5.91 Å². The van der Waals surface area contributed by atoms with Gasteiger partial charge in [-0.15, -0.1) is 0 Å². The average Bonchev–Trinajstić information content (AvgIpc) is 2.93. The summed E-state index contributed by atoms with van der Waals surface area (Å²) in [4.78, 5) is 19.1. The maximum Gasteiger partial charge on any atom is 0.251 e. The van der Waals surface area contributed by atoms with E-state index in [0.717, 1.165) is 43.9 Å². The van der Waals surface area contributed by atoms with Crippen LogP contribution in [0.15, 0.2) is 0 Å². The molecule has 0 unspecified atom stereocenters. The molecule has 6 nitrogen and oxygen atoms in total. The molecule has 3 rings (SSSR count). The molecule has 1 saturated heterocycles. The first-order valence-corrected chi connectivity index (χ1v) is 9.38. The van der Waals surface area contributed by atoms with E-state index >= 15 is 0 Å². The van der Waals surface area contributed by atoms with E-state index < -0.39 is 0 Å². The molecular formula is C18H30N4O2. The molecule has 134 valence electrons. The average molecular weight is 334 g/mol. The highest BCUT2D eigenvalue weighted by Gasteiger charge is 2.30. The van der Waals surface area contributed by atoms with Crippen LogP contribution in [0.2, 0.25) is 0 Å². The first kappa shape index (κ1) is 17.4. The van der Waals surface area contributed by atoms with Gasteiger partial charge in [-0.2, -0.15) is 5.10 Å². The van der Waals surface area contributed by atoms with Crippen LogP contribution in [0.3, 0.4) is 0 Å². The molecule has 6 heteroatoms. The van der Waals surface area contributed by atoms with Gasteiger partial charge >= 0.3 is 0 Å². The van der Waals surface area contributed by atoms with Crippen molar-refractivity contribution in [3.63, 3.8) is 0 Å². The fourth-order valence-corrected chi connectivity index (χ4v) is 4.04. The van der Waals surface area contributed by atoms with Gasteiger partial charge in [-0.25, -0.2) is 9.67 Å². The molecule has 2 fully saturated rings. The number of amides is 1. The normalized spacial score (nSPS) is 24.1. The molecule has 1 aromatic heterocycles. The highest BCUT2D eigenvalue weighted by atomic mass is 16.5. The lowest BCUT2D eigenvalue weighted by atomic mass is 9.97. The minimum Gasteiger partial charge on any atom is -0.365 e. The van der Waals surface area contributed by atoms with Crippen LogP contribution >= 0.6 is 0 Å². The number of aromatic nitrogens is 3. The number of aryl methyl sites for hydroxylation is 2. The molecule has 1 amide bonds. The molecule has 0 bridgehead atoms. The van der Waals surface area contributed by atoms with Crippen molar-refractivity contribution in [3.05, 3.63) is 11.6 Å². The van der Waals surface area contributed by atoms with E-state index in [1.54, 1.807) is 0 Å². The van der Waals surface area contributed by atoms with Crippen molar-refractivity contribution in [3.8, 4) is 0 Å². The number of rotatable bonds is 4. The Bertz CT molecular complexity index is 565. The summed E-state index contributed by atoms with van der Waals surface area (Å²) in [5.41, 5.74) is 0. The van der Waals surface area contributed by atoms with Crippen LogP contribution in [-0.2, 0) is 9.53 Å². The Kier molecular flexibility index (Phi) is 5.54. The molecule has 0 N–H and O–H groups in total. The lowest BCUT2D eigenvalue weighted by Gasteiger charge is -2.35. The maximum absolute atomic E-state index is 12.8. The Morgan fingerprint density at radius 1 is 1.17 bits per heavy atom. The third kappa shape index (κ3) is 3.97. The second-order valence-corrected chi connectivity index (χ2v) is 7.27. The fraction of sp³-hybridized carbons (Fsp3) is 0.833. The van der Waals surface area contributed by atoms with Crippen molar-refractivity contribution in [2.24, 2.45) is 0 Å². The highest BCUT2D eigenvalue weighted by Crippen LogP contribution is 2.25. The molecule has 2 atom stereocenters. The van der Waals surface area contributed by atoms with Gasteiger partial charge in [0.1, 0.15) is 17.8 Å². The van der Waals surface area contributed by atoms with Gasteiger partial charge < -0.3 is 9.64 Å². The molecule has 1 aliphatic heterocycles. The van der Waals surface area contributed by atoms with E-state index in [9.17, 15) is 4.79 Å². The molecule has 1 aromatic rings. The van der Waals surface area contributed by atoms with Crippen molar-refractivity contribution in [2.45, 2.75) is 84.0 Å². The van der Waals surface area contributed by atoms with Crippen LogP contribution in [0.4, 0.5) is 0 Å². The van der Waals surface area contributed by atoms with Crippen molar-refractivity contribution >= 4 is 5.91 Å². The van der Waals surface area contributed by atoms with Crippen LogP contribution in [-0.4, -0.2) is 50.9 Å². The third-order valence-electron chi connectivity index (χ3n) is 5.26. The van der Waals surface area contributed by atoms with Crippen LogP contribution in [0.25, 0.3) is 0 Å². The predicted molar refractivity (Wildman–Crippen MR) is 91.8 cm³/mol. The fourth-order valence-electron chi connectivity index (χ4n) is 4.04. The van der Waals surface area contributed by atoms with Gasteiger partial charge in [-0.1, -0.05) is 19.3 Å². The predicted octanol–water partition coefficient (Wildman–Crippen LogP) is 2.80. The summed E-state index contributed by atoms with van der Waals surface area (Å²) in [7, 11) is 0. The van der Waals surface area contributed by atoms with Crippen LogP contribution in [0.1, 0.15) is 69.6 Å². The van der Waals surface area contributed by atoms with Gasteiger partial charge in [0.2, 0.25) is 0 Å². The maximum atomic E-state index is 12.8. The molecule has 1 saturated carbocycles. The number of carbonyl (C=O) groups excluding carboxylic acids is 1. The largest absolute Gasteiger partial charge is 0.365 e. The van der Waals surface area contributed by atoms with E-state index in [0.29, 0.717) is 6.54 Å². The number of piperidine rings is 1. The van der Waals surface area contributed by atoms with Gasteiger partial charge in [0.05, 0.1) is 12.1 Å². The van der Waals surface area contributed by atoms with Crippen molar-refractivity contribution in [1.82, 2.24) is 19.7 Å². The van der Waals surface area contributed by atoms with Crippen LogP contribution in [0.5, 0.6) is 0 Å². The van der Waals surface area contributed by atoms with E-state index in [4.69, 9.17) is 4.74 Å². The van der Waals surface area contributed by atoms with Crippen molar-refractivity contribution in [1.29, 1.82) is 0 Å². The van der Waals surface area contributed by atoms with Gasteiger partial charge in [-0.3, -0.25) is 4.79 Å². The van der Waals surface area contributed by atoms with E-state index in [1.807, 2.05) is 30.4 Å². The lowest BCUT2D eigenvalue weighted by Crippen LogP contribution is -2.46. The first-order valence-electron chi connectivity index (χ1n) is 9.38. The van der Waals surface area contributed by atoms with E-state index in [-0.39, 0.29) is 24.2 Å². The summed E-state index contributed by atoms with van der Waals surface area (Å²) in [6, 6.07) is 0.228. The third-order valence-corrected chi connectivity index (χ3v) is 5.26. The Labute approximate surface area is 144 Å². The Balaban J connectivity index is 1.59. The molecular weight excluding hydrogens is 304 g/mol. The van der Waals surface area contributed by atoms with Gasteiger partial charge in [0, 0.05) is 13.1 Å². The minimum atomic E-state index is -0.342.